The normalized spacial score (nSPS) is 19.1. The molecule has 0 unspecified atom stereocenters. The molecule has 1 N–H and O–H groups in total. The standard InChI is InChI=1S/C11H16BrN3/c1-11(4-2-3-5-11)8-15-10-13-6-9(12)7-14-10/h6-7H,2-5,8H2,1H3,(H,13,14,15). The Kier molecular flexibility index (Phi) is 3.24. The molecule has 3 nitrogen and oxygen atoms in total. The number of aromatic nitrogens is 2. The van der Waals surface area contributed by atoms with Crippen LogP contribution in [-0.4, -0.2) is 16.5 Å². The van der Waals surface area contributed by atoms with E-state index in [-0.39, 0.29) is 0 Å². The van der Waals surface area contributed by atoms with E-state index in [0.29, 0.717) is 5.41 Å². The first-order valence-electron chi connectivity index (χ1n) is 5.39. The molecule has 1 aromatic rings. The SMILES string of the molecule is CC1(CNc2ncc(Br)cn2)CCCC1. The highest BCUT2D eigenvalue weighted by Gasteiger charge is 2.28. The lowest BCUT2D eigenvalue weighted by atomic mass is 9.89. The minimum atomic E-state index is 0.441. The minimum absolute atomic E-state index is 0.441. The minimum Gasteiger partial charge on any atom is -0.354 e. The third-order valence-electron chi connectivity index (χ3n) is 3.10. The van der Waals surface area contributed by atoms with Gasteiger partial charge >= 0.3 is 0 Å². The summed E-state index contributed by atoms with van der Waals surface area (Å²) in [6, 6.07) is 0. The molecule has 0 spiro atoms. The van der Waals surface area contributed by atoms with Crippen LogP contribution in [0.2, 0.25) is 0 Å². The first kappa shape index (κ1) is 10.9. The summed E-state index contributed by atoms with van der Waals surface area (Å²) in [5, 5.41) is 3.31. The molecular formula is C11H16BrN3. The highest BCUT2D eigenvalue weighted by Crippen LogP contribution is 2.37. The lowest BCUT2D eigenvalue weighted by molar-refractivity contribution is 0.361. The average molecular weight is 270 g/mol. The smallest absolute Gasteiger partial charge is 0.222 e. The van der Waals surface area contributed by atoms with Crippen molar-refractivity contribution in [2.24, 2.45) is 5.41 Å². The van der Waals surface area contributed by atoms with Gasteiger partial charge in [-0.3, -0.25) is 0 Å². The Morgan fingerprint density at radius 3 is 2.53 bits per heavy atom. The summed E-state index contributed by atoms with van der Waals surface area (Å²) in [7, 11) is 0. The van der Waals surface area contributed by atoms with Crippen molar-refractivity contribution in [1.82, 2.24) is 9.97 Å². The Morgan fingerprint density at radius 2 is 1.93 bits per heavy atom. The fourth-order valence-electron chi connectivity index (χ4n) is 2.10. The molecule has 0 radical (unpaired) electrons. The van der Waals surface area contributed by atoms with Crippen LogP contribution in [0.25, 0.3) is 0 Å². The molecule has 1 aliphatic carbocycles. The van der Waals surface area contributed by atoms with Gasteiger partial charge in [-0.25, -0.2) is 9.97 Å². The predicted octanol–water partition coefficient (Wildman–Crippen LogP) is 3.23. The van der Waals surface area contributed by atoms with Crippen LogP contribution in [0.3, 0.4) is 0 Å². The van der Waals surface area contributed by atoms with Crippen molar-refractivity contribution in [3.63, 3.8) is 0 Å². The zero-order valence-electron chi connectivity index (χ0n) is 8.96. The Morgan fingerprint density at radius 1 is 1.33 bits per heavy atom. The van der Waals surface area contributed by atoms with Crippen LogP contribution in [0.1, 0.15) is 32.6 Å². The summed E-state index contributed by atoms with van der Waals surface area (Å²) >= 11 is 3.32. The first-order valence-corrected chi connectivity index (χ1v) is 6.19. The topological polar surface area (TPSA) is 37.8 Å². The molecule has 0 aromatic carbocycles. The molecule has 1 aromatic heterocycles. The lowest BCUT2D eigenvalue weighted by Crippen LogP contribution is -2.23. The average Bonchev–Trinajstić information content (AvgIpc) is 2.65. The molecule has 1 aliphatic rings. The monoisotopic (exact) mass is 269 g/mol. The third-order valence-corrected chi connectivity index (χ3v) is 3.51. The van der Waals surface area contributed by atoms with Crippen LogP contribution in [0.4, 0.5) is 5.95 Å². The van der Waals surface area contributed by atoms with Crippen molar-refractivity contribution in [1.29, 1.82) is 0 Å². The highest BCUT2D eigenvalue weighted by atomic mass is 79.9. The van der Waals surface area contributed by atoms with Gasteiger partial charge in [-0.15, -0.1) is 0 Å². The number of anilines is 1. The fourth-order valence-corrected chi connectivity index (χ4v) is 2.31. The van der Waals surface area contributed by atoms with E-state index in [1.165, 1.54) is 25.7 Å². The summed E-state index contributed by atoms with van der Waals surface area (Å²) < 4.78 is 0.917. The molecule has 2 rings (SSSR count). The molecule has 0 aliphatic heterocycles. The van der Waals surface area contributed by atoms with Crippen LogP contribution in [0, 0.1) is 5.41 Å². The van der Waals surface area contributed by atoms with E-state index in [9.17, 15) is 0 Å². The predicted molar refractivity (Wildman–Crippen MR) is 64.8 cm³/mol. The van der Waals surface area contributed by atoms with E-state index in [2.05, 4.69) is 38.1 Å². The summed E-state index contributed by atoms with van der Waals surface area (Å²) in [6.45, 7) is 3.32. The van der Waals surface area contributed by atoms with Gasteiger partial charge in [0, 0.05) is 18.9 Å². The van der Waals surface area contributed by atoms with E-state index < -0.39 is 0 Å². The fraction of sp³-hybridized carbons (Fsp3) is 0.636. The van der Waals surface area contributed by atoms with Gasteiger partial charge in [0.25, 0.3) is 0 Å². The maximum Gasteiger partial charge on any atom is 0.222 e. The second-order valence-corrected chi connectivity index (χ2v) is 5.51. The second kappa shape index (κ2) is 4.47. The van der Waals surface area contributed by atoms with Crippen LogP contribution in [0.15, 0.2) is 16.9 Å². The van der Waals surface area contributed by atoms with E-state index in [4.69, 9.17) is 0 Å². The van der Waals surface area contributed by atoms with Gasteiger partial charge in [0.1, 0.15) is 0 Å². The largest absolute Gasteiger partial charge is 0.354 e. The molecule has 4 heteroatoms. The van der Waals surface area contributed by atoms with E-state index in [1.54, 1.807) is 12.4 Å². The van der Waals surface area contributed by atoms with Crippen LogP contribution >= 0.6 is 15.9 Å². The van der Waals surface area contributed by atoms with Gasteiger partial charge < -0.3 is 5.32 Å². The second-order valence-electron chi connectivity index (χ2n) is 4.60. The summed E-state index contributed by atoms with van der Waals surface area (Å²) in [5.74, 6) is 0.728. The summed E-state index contributed by atoms with van der Waals surface area (Å²) in [6.07, 6.45) is 8.89. The Hall–Kier alpha value is -0.640. The molecule has 15 heavy (non-hydrogen) atoms. The lowest BCUT2D eigenvalue weighted by Gasteiger charge is -2.23. The number of rotatable bonds is 3. The van der Waals surface area contributed by atoms with Gasteiger partial charge in [0.05, 0.1) is 4.47 Å². The van der Waals surface area contributed by atoms with E-state index in [0.717, 1.165) is 17.0 Å². The summed E-state index contributed by atoms with van der Waals surface area (Å²) in [5.41, 5.74) is 0.441. The molecular weight excluding hydrogens is 254 g/mol. The van der Waals surface area contributed by atoms with Crippen molar-refractivity contribution in [3.8, 4) is 0 Å². The summed E-state index contributed by atoms with van der Waals surface area (Å²) in [4.78, 5) is 8.40. The zero-order valence-corrected chi connectivity index (χ0v) is 10.5. The molecule has 1 saturated carbocycles. The van der Waals surface area contributed by atoms with Crippen LogP contribution < -0.4 is 5.32 Å². The molecule has 1 heterocycles. The molecule has 0 bridgehead atoms. The number of halogens is 1. The van der Waals surface area contributed by atoms with Gasteiger partial charge in [-0.05, 0) is 34.2 Å². The third kappa shape index (κ3) is 2.91. The molecule has 1 fully saturated rings. The quantitative estimate of drug-likeness (QED) is 0.916. The Balaban J connectivity index is 1.90. The number of hydrogen-bond acceptors (Lipinski definition) is 3. The van der Waals surface area contributed by atoms with Gasteiger partial charge in [0.15, 0.2) is 0 Å². The van der Waals surface area contributed by atoms with Crippen LogP contribution in [0.5, 0.6) is 0 Å². The van der Waals surface area contributed by atoms with Gasteiger partial charge in [-0.2, -0.15) is 0 Å². The maximum atomic E-state index is 4.20. The van der Waals surface area contributed by atoms with E-state index in [1.807, 2.05) is 0 Å². The molecule has 0 amide bonds. The number of hydrogen-bond donors (Lipinski definition) is 1. The zero-order chi connectivity index (χ0) is 10.7. The van der Waals surface area contributed by atoms with Crippen molar-refractivity contribution in [2.45, 2.75) is 32.6 Å². The van der Waals surface area contributed by atoms with Crippen molar-refractivity contribution >= 4 is 21.9 Å². The molecule has 0 atom stereocenters. The molecule has 82 valence electrons. The Bertz CT molecular complexity index is 317. The van der Waals surface area contributed by atoms with Crippen molar-refractivity contribution in [3.05, 3.63) is 16.9 Å². The van der Waals surface area contributed by atoms with E-state index >= 15 is 0 Å². The van der Waals surface area contributed by atoms with Crippen molar-refractivity contribution in [2.75, 3.05) is 11.9 Å². The maximum absolute atomic E-state index is 4.20. The van der Waals surface area contributed by atoms with Crippen molar-refractivity contribution < 1.29 is 0 Å². The number of nitrogens with zero attached hydrogens (tertiary/aromatic N) is 2. The number of nitrogens with one attached hydrogen (secondary N) is 1. The Labute approximate surface area is 98.8 Å². The van der Waals surface area contributed by atoms with Gasteiger partial charge in [-0.1, -0.05) is 19.8 Å². The highest BCUT2D eigenvalue weighted by molar-refractivity contribution is 9.10. The molecule has 0 saturated heterocycles. The van der Waals surface area contributed by atoms with Gasteiger partial charge in [0.2, 0.25) is 5.95 Å². The first-order chi connectivity index (χ1) is 7.18. The van der Waals surface area contributed by atoms with Crippen LogP contribution in [-0.2, 0) is 0 Å².